The Morgan fingerprint density at radius 1 is 0.319 bits per heavy atom. The molecule has 0 saturated heterocycles. The number of unbranched alkanes of at least 4 members (excludes halogenated alkanes) is 22. The van der Waals surface area contributed by atoms with E-state index in [1.807, 2.05) is 0 Å². The molecule has 18 heteroatoms. The van der Waals surface area contributed by atoms with Gasteiger partial charge in [0.15, 0.2) is 6.10 Å². The predicted octanol–water partition coefficient (Wildman–Crippen LogP) is 19.4. The van der Waals surface area contributed by atoms with Gasteiger partial charge in [-0.25, -0.2) is 9.13 Å². The zero-order valence-electron chi connectivity index (χ0n) is 56.5. The Hall–Kier alpha value is -4.05. The van der Waals surface area contributed by atoms with Crippen LogP contribution in [0, 0.1) is 0 Å². The maximum Gasteiger partial charge on any atom is 0.472 e. The van der Waals surface area contributed by atoms with Crippen LogP contribution in [-0.4, -0.2) is 95.9 Å². The van der Waals surface area contributed by atoms with Crippen LogP contribution in [0.3, 0.4) is 0 Å². The van der Waals surface area contributed by atoms with Crippen LogP contribution < -0.4 is 0 Å². The van der Waals surface area contributed by atoms with Gasteiger partial charge in [-0.3, -0.25) is 32.5 Å². The van der Waals surface area contributed by atoms with E-state index in [9.17, 15) is 43.5 Å². The van der Waals surface area contributed by atoms with E-state index >= 15 is 0 Å². The van der Waals surface area contributed by atoms with Crippen molar-refractivity contribution in [1.82, 2.24) is 0 Å². The Balaban J connectivity index is 4.60. The summed E-state index contributed by atoms with van der Waals surface area (Å²) in [6.45, 7) is 2.39. The molecule has 16 nitrogen and oxygen atoms in total. The summed E-state index contributed by atoms with van der Waals surface area (Å²) in [5.74, 6) is -1.62. The Morgan fingerprint density at radius 3 is 0.923 bits per heavy atom. The Labute approximate surface area is 551 Å². The summed E-state index contributed by atoms with van der Waals surface area (Å²) in [5.41, 5.74) is 0. The average molecular weight is 1320 g/mol. The van der Waals surface area contributed by atoms with Crippen molar-refractivity contribution < 1.29 is 75.8 Å². The average Bonchev–Trinajstić information content (AvgIpc) is 3.75. The number of ether oxygens (including phenoxy) is 3. The topological polar surface area (TPSA) is 231 Å². The molecular weight excluding hydrogens is 1190 g/mol. The second-order valence-corrected chi connectivity index (χ2v) is 25.8. The third kappa shape index (κ3) is 67.2. The number of aliphatic hydroxyl groups excluding tert-OH is 2. The van der Waals surface area contributed by atoms with E-state index in [-0.39, 0.29) is 19.3 Å². The quantitative estimate of drug-likeness (QED) is 0.0146. The van der Waals surface area contributed by atoms with E-state index in [2.05, 4.69) is 142 Å². The summed E-state index contributed by atoms with van der Waals surface area (Å²) in [4.78, 5) is 58.4. The number of allylic oxidation sites excluding steroid dienone is 20. The van der Waals surface area contributed by atoms with Crippen LogP contribution in [0.2, 0.25) is 0 Å². The van der Waals surface area contributed by atoms with Gasteiger partial charge < -0.3 is 34.2 Å². The lowest BCUT2D eigenvalue weighted by molar-refractivity contribution is -0.161. The Kier molecular flexibility index (Phi) is 63.1. The van der Waals surface area contributed by atoms with E-state index in [0.29, 0.717) is 19.3 Å². The second-order valence-electron chi connectivity index (χ2n) is 22.9. The first-order valence-electron chi connectivity index (χ1n) is 34.8. The number of rotatable bonds is 65. The molecule has 5 unspecified atom stereocenters. The highest BCUT2D eigenvalue weighted by molar-refractivity contribution is 7.47. The molecule has 0 spiro atoms. The van der Waals surface area contributed by atoms with Crippen LogP contribution >= 0.6 is 15.6 Å². The van der Waals surface area contributed by atoms with E-state index < -0.39 is 91.5 Å². The molecule has 0 rings (SSSR count). The number of hydrogen-bond donors (Lipinski definition) is 4. The molecule has 91 heavy (non-hydrogen) atoms. The van der Waals surface area contributed by atoms with Gasteiger partial charge in [-0.05, 0) is 109 Å². The highest BCUT2D eigenvalue weighted by Crippen LogP contribution is 2.45. The molecule has 0 aromatic rings. The van der Waals surface area contributed by atoms with Crippen molar-refractivity contribution in [2.75, 3.05) is 39.6 Å². The number of hydrogen-bond acceptors (Lipinski definition) is 14. The third-order valence-electron chi connectivity index (χ3n) is 14.2. The zero-order valence-corrected chi connectivity index (χ0v) is 58.3. The molecule has 0 heterocycles. The van der Waals surface area contributed by atoms with Gasteiger partial charge in [0.2, 0.25) is 0 Å². The number of esters is 3. The number of phosphoric ester groups is 2. The molecule has 0 fully saturated rings. The molecule has 522 valence electrons. The maximum absolute atomic E-state index is 12.9. The molecule has 4 N–H and O–H groups in total. The van der Waals surface area contributed by atoms with Crippen LogP contribution in [0.5, 0.6) is 0 Å². The van der Waals surface area contributed by atoms with Crippen molar-refractivity contribution in [1.29, 1.82) is 0 Å². The van der Waals surface area contributed by atoms with Crippen molar-refractivity contribution >= 4 is 33.6 Å². The highest BCUT2D eigenvalue weighted by Gasteiger charge is 2.29. The van der Waals surface area contributed by atoms with Crippen molar-refractivity contribution in [2.45, 2.75) is 283 Å². The molecule has 5 atom stereocenters. The highest BCUT2D eigenvalue weighted by atomic mass is 31.2. The van der Waals surface area contributed by atoms with Gasteiger partial charge in [-0.2, -0.15) is 0 Å². The fraction of sp³-hybridized carbons (Fsp3) is 0.685. The number of phosphoric acid groups is 2. The maximum atomic E-state index is 12.9. The lowest BCUT2D eigenvalue weighted by Gasteiger charge is -2.21. The van der Waals surface area contributed by atoms with E-state index in [1.165, 1.54) is 51.4 Å². The SMILES string of the molecule is CC/C=C\C/C=C\C/C=C\C/C=C\C/C=C\C/C=C\CCCCCCCCC(=O)OCC(O)COP(=O)(O)OCC(O)COP(=O)(O)OCC(COC(=O)CCCCCC/C=C\C/C=C\C/C=C\C/C=C\CC)OC(=O)CCCCCCCCCCCCCCC. The van der Waals surface area contributed by atoms with Gasteiger partial charge in [-0.1, -0.05) is 258 Å². The molecule has 0 bridgehead atoms. The Morgan fingerprint density at radius 2 is 0.582 bits per heavy atom. The zero-order chi connectivity index (χ0) is 66.7. The number of aliphatic hydroxyl groups is 2. The van der Waals surface area contributed by atoms with Gasteiger partial charge in [0.05, 0.1) is 26.4 Å². The first-order valence-corrected chi connectivity index (χ1v) is 37.8. The van der Waals surface area contributed by atoms with Gasteiger partial charge in [0, 0.05) is 19.3 Å². The monoisotopic (exact) mass is 1320 g/mol. The van der Waals surface area contributed by atoms with Crippen molar-refractivity contribution in [3.63, 3.8) is 0 Å². The largest absolute Gasteiger partial charge is 0.472 e. The first kappa shape index (κ1) is 87.0. The minimum atomic E-state index is -4.93. The second kappa shape index (κ2) is 66.0. The molecule has 0 aromatic heterocycles. The lowest BCUT2D eigenvalue weighted by Crippen LogP contribution is -2.30. The standard InChI is InChI=1S/C73H124O16P2/c1-4-7-10-13-16-19-22-25-27-29-30-31-32-33-34-35-36-38-40-42-44-47-50-53-56-59-71(76)83-62-68(74)63-85-90(79,80)86-64-69(75)65-87-91(81,82)88-67-70(89-73(78)61-58-55-52-49-46-41-24-21-18-15-12-9-6-3)66-84-72(77)60-57-54-51-48-45-43-39-37-28-26-23-20-17-14-11-8-5-2/h7-8,10-11,16-17,19-20,25-28,30-31,33-34,36,38-39,43,68-70,74-75H,4-6,9,12-15,18,21-24,29,32,35,37,40-42,44-67H2,1-3H3,(H,79,80)(H,81,82)/b10-7-,11-8-,19-16-,20-17-,27-25-,28-26-,31-30-,34-33-,38-36-,43-39-. The van der Waals surface area contributed by atoms with Crippen molar-refractivity contribution in [3.05, 3.63) is 122 Å². The van der Waals surface area contributed by atoms with Crippen LogP contribution in [0.1, 0.15) is 265 Å². The van der Waals surface area contributed by atoms with Gasteiger partial charge in [0.1, 0.15) is 25.4 Å². The van der Waals surface area contributed by atoms with Crippen LogP contribution in [0.15, 0.2) is 122 Å². The van der Waals surface area contributed by atoms with E-state index in [1.54, 1.807) is 0 Å². The third-order valence-corrected chi connectivity index (χ3v) is 16.1. The molecule has 0 aliphatic rings. The fourth-order valence-corrected chi connectivity index (χ4v) is 10.5. The summed E-state index contributed by atoms with van der Waals surface area (Å²) >= 11 is 0. The van der Waals surface area contributed by atoms with Crippen LogP contribution in [0.25, 0.3) is 0 Å². The molecular formula is C73H124O16P2. The van der Waals surface area contributed by atoms with Gasteiger partial charge in [0.25, 0.3) is 0 Å². The minimum Gasteiger partial charge on any atom is -0.463 e. The summed E-state index contributed by atoms with van der Waals surface area (Å²) in [6, 6.07) is 0. The van der Waals surface area contributed by atoms with Gasteiger partial charge >= 0.3 is 33.6 Å². The Bertz CT molecular complexity index is 2140. The number of carbonyl (C=O) groups excluding carboxylic acids is 3. The van der Waals surface area contributed by atoms with E-state index in [0.717, 1.165) is 154 Å². The molecule has 0 saturated carbocycles. The van der Waals surface area contributed by atoms with Gasteiger partial charge in [-0.15, -0.1) is 0 Å². The molecule has 0 aromatic carbocycles. The predicted molar refractivity (Wildman–Crippen MR) is 371 cm³/mol. The normalized spacial score (nSPS) is 14.9. The minimum absolute atomic E-state index is 0.0994. The first-order chi connectivity index (χ1) is 44.2. The summed E-state index contributed by atoms with van der Waals surface area (Å²) in [6.07, 6.45) is 75.3. The molecule has 0 amide bonds. The molecule has 0 aliphatic carbocycles. The summed E-state index contributed by atoms with van der Waals surface area (Å²) < 4.78 is 60.9. The fourth-order valence-electron chi connectivity index (χ4n) is 8.92. The smallest absolute Gasteiger partial charge is 0.463 e. The molecule has 0 aliphatic heterocycles. The van der Waals surface area contributed by atoms with E-state index in [4.69, 9.17) is 32.3 Å². The molecule has 0 radical (unpaired) electrons. The van der Waals surface area contributed by atoms with Crippen LogP contribution in [-0.2, 0) is 55.8 Å². The number of carbonyl (C=O) groups is 3. The summed E-state index contributed by atoms with van der Waals surface area (Å²) in [7, 11) is -9.79. The lowest BCUT2D eigenvalue weighted by atomic mass is 10.0. The van der Waals surface area contributed by atoms with Crippen LogP contribution in [0.4, 0.5) is 0 Å². The summed E-state index contributed by atoms with van der Waals surface area (Å²) in [5, 5.41) is 20.6. The van der Waals surface area contributed by atoms with Crippen molar-refractivity contribution in [2.24, 2.45) is 0 Å². The van der Waals surface area contributed by atoms with Crippen molar-refractivity contribution in [3.8, 4) is 0 Å².